The van der Waals surface area contributed by atoms with Crippen LogP contribution in [0.1, 0.15) is 29.8 Å². The average Bonchev–Trinajstić information content (AvgIpc) is 2.66. The van der Waals surface area contributed by atoms with Crippen molar-refractivity contribution in [2.75, 3.05) is 0 Å². The Morgan fingerprint density at radius 3 is 2.88 bits per heavy atom. The first-order valence-electron chi connectivity index (χ1n) is 5.79. The van der Waals surface area contributed by atoms with E-state index in [-0.39, 0.29) is 0 Å². The van der Waals surface area contributed by atoms with E-state index in [1.54, 1.807) is 6.20 Å². The second-order valence-electron chi connectivity index (χ2n) is 4.30. The third-order valence-electron chi connectivity index (χ3n) is 2.90. The van der Waals surface area contributed by atoms with Gasteiger partial charge in [0.15, 0.2) is 0 Å². The molecular weight excluding hydrogens is 212 g/mol. The van der Waals surface area contributed by atoms with Crippen molar-refractivity contribution in [3.63, 3.8) is 0 Å². The normalized spacial score (nSPS) is 12.6. The molecule has 0 radical (unpaired) electrons. The van der Waals surface area contributed by atoms with E-state index >= 15 is 0 Å². The zero-order valence-electron chi connectivity index (χ0n) is 10.5. The molecule has 0 aliphatic heterocycles. The minimum Gasteiger partial charge on any atom is -0.306 e. The number of nitrogens with one attached hydrogen (secondary N) is 1. The fraction of sp³-hybridized carbons (Fsp3) is 0.385. The van der Waals surface area contributed by atoms with Crippen molar-refractivity contribution in [2.24, 2.45) is 7.05 Å². The summed E-state index contributed by atoms with van der Waals surface area (Å²) in [4.78, 5) is 4.13. The van der Waals surface area contributed by atoms with Gasteiger partial charge in [-0.1, -0.05) is 6.07 Å². The summed E-state index contributed by atoms with van der Waals surface area (Å²) < 4.78 is 1.85. The SMILES string of the molecule is Cc1nn(C)cc1CNC(C)c1cccnc1. The third kappa shape index (κ3) is 2.91. The zero-order valence-corrected chi connectivity index (χ0v) is 10.5. The lowest BCUT2D eigenvalue weighted by atomic mass is 10.1. The van der Waals surface area contributed by atoms with Gasteiger partial charge in [-0.2, -0.15) is 5.10 Å². The molecule has 2 aromatic heterocycles. The summed E-state index contributed by atoms with van der Waals surface area (Å²) in [7, 11) is 1.95. The molecule has 0 aliphatic rings. The molecule has 90 valence electrons. The van der Waals surface area contributed by atoms with Gasteiger partial charge in [-0.3, -0.25) is 9.67 Å². The van der Waals surface area contributed by atoms with E-state index < -0.39 is 0 Å². The summed E-state index contributed by atoms with van der Waals surface area (Å²) in [6.07, 6.45) is 5.74. The van der Waals surface area contributed by atoms with Crippen LogP contribution in [0.3, 0.4) is 0 Å². The lowest BCUT2D eigenvalue weighted by molar-refractivity contribution is 0.571. The maximum Gasteiger partial charge on any atom is 0.0638 e. The topological polar surface area (TPSA) is 42.7 Å². The number of nitrogens with zero attached hydrogens (tertiary/aromatic N) is 3. The van der Waals surface area contributed by atoms with Crippen molar-refractivity contribution in [1.29, 1.82) is 0 Å². The second-order valence-corrected chi connectivity index (χ2v) is 4.30. The van der Waals surface area contributed by atoms with Gasteiger partial charge < -0.3 is 5.32 Å². The number of pyridine rings is 1. The molecule has 4 heteroatoms. The van der Waals surface area contributed by atoms with E-state index in [2.05, 4.69) is 34.6 Å². The van der Waals surface area contributed by atoms with Crippen LogP contribution in [0.15, 0.2) is 30.7 Å². The highest BCUT2D eigenvalue weighted by Crippen LogP contribution is 2.12. The molecule has 2 heterocycles. The third-order valence-corrected chi connectivity index (χ3v) is 2.90. The molecular formula is C13H18N4. The molecule has 0 saturated heterocycles. The lowest BCUT2D eigenvalue weighted by Gasteiger charge is -2.13. The maximum absolute atomic E-state index is 4.33. The molecule has 4 nitrogen and oxygen atoms in total. The van der Waals surface area contributed by atoms with Crippen LogP contribution in [-0.2, 0) is 13.6 Å². The summed E-state index contributed by atoms with van der Waals surface area (Å²) in [5, 5.41) is 7.80. The highest BCUT2D eigenvalue weighted by atomic mass is 15.2. The van der Waals surface area contributed by atoms with E-state index in [0.717, 1.165) is 12.2 Å². The van der Waals surface area contributed by atoms with Crippen LogP contribution in [0.5, 0.6) is 0 Å². The lowest BCUT2D eigenvalue weighted by Crippen LogP contribution is -2.18. The molecule has 0 spiro atoms. The summed E-state index contributed by atoms with van der Waals surface area (Å²) in [6.45, 7) is 5.00. The Balaban J connectivity index is 1.97. The summed E-state index contributed by atoms with van der Waals surface area (Å²) in [5.41, 5.74) is 3.52. The molecule has 2 rings (SSSR count). The molecule has 1 atom stereocenters. The number of rotatable bonds is 4. The summed E-state index contributed by atoms with van der Waals surface area (Å²) in [6, 6.07) is 4.34. The number of aryl methyl sites for hydroxylation is 2. The molecule has 0 amide bonds. The Morgan fingerprint density at radius 2 is 2.29 bits per heavy atom. The Bertz CT molecular complexity index is 475. The molecule has 0 fully saturated rings. The Kier molecular flexibility index (Phi) is 3.54. The van der Waals surface area contributed by atoms with Crippen molar-refractivity contribution in [3.05, 3.63) is 47.5 Å². The Hall–Kier alpha value is -1.68. The van der Waals surface area contributed by atoms with Crippen LogP contribution in [0, 0.1) is 6.92 Å². The van der Waals surface area contributed by atoms with E-state index in [9.17, 15) is 0 Å². The molecule has 17 heavy (non-hydrogen) atoms. The minimum atomic E-state index is 0.295. The molecule has 0 aromatic carbocycles. The van der Waals surface area contributed by atoms with Crippen LogP contribution in [0.2, 0.25) is 0 Å². The fourth-order valence-electron chi connectivity index (χ4n) is 1.84. The minimum absolute atomic E-state index is 0.295. The van der Waals surface area contributed by atoms with Gasteiger partial charge in [0.05, 0.1) is 5.69 Å². The van der Waals surface area contributed by atoms with Gasteiger partial charge in [-0.25, -0.2) is 0 Å². The first-order valence-corrected chi connectivity index (χ1v) is 5.79. The van der Waals surface area contributed by atoms with Crippen molar-refractivity contribution < 1.29 is 0 Å². The van der Waals surface area contributed by atoms with Gasteiger partial charge in [-0.15, -0.1) is 0 Å². The smallest absolute Gasteiger partial charge is 0.0638 e. The number of hydrogen-bond acceptors (Lipinski definition) is 3. The van der Waals surface area contributed by atoms with E-state index in [0.29, 0.717) is 6.04 Å². The molecule has 0 bridgehead atoms. The largest absolute Gasteiger partial charge is 0.306 e. The van der Waals surface area contributed by atoms with Gasteiger partial charge in [0, 0.05) is 43.8 Å². The van der Waals surface area contributed by atoms with Gasteiger partial charge in [-0.05, 0) is 25.5 Å². The summed E-state index contributed by atoms with van der Waals surface area (Å²) >= 11 is 0. The first kappa shape index (κ1) is 11.8. The average molecular weight is 230 g/mol. The van der Waals surface area contributed by atoms with E-state index in [1.165, 1.54) is 11.1 Å². The zero-order chi connectivity index (χ0) is 12.3. The van der Waals surface area contributed by atoms with Gasteiger partial charge in [0.1, 0.15) is 0 Å². The van der Waals surface area contributed by atoms with Crippen LogP contribution < -0.4 is 5.32 Å². The number of hydrogen-bond donors (Lipinski definition) is 1. The predicted molar refractivity (Wildman–Crippen MR) is 67.4 cm³/mol. The molecule has 2 aromatic rings. The predicted octanol–water partition coefficient (Wildman–Crippen LogP) is 1.97. The Labute approximate surface area is 102 Å². The maximum atomic E-state index is 4.33. The van der Waals surface area contributed by atoms with Crippen molar-refractivity contribution in [1.82, 2.24) is 20.1 Å². The van der Waals surface area contributed by atoms with Gasteiger partial charge >= 0.3 is 0 Å². The highest BCUT2D eigenvalue weighted by Gasteiger charge is 2.07. The monoisotopic (exact) mass is 230 g/mol. The van der Waals surface area contributed by atoms with Crippen molar-refractivity contribution in [2.45, 2.75) is 26.4 Å². The van der Waals surface area contributed by atoms with Crippen LogP contribution in [-0.4, -0.2) is 14.8 Å². The van der Waals surface area contributed by atoms with Crippen LogP contribution >= 0.6 is 0 Å². The molecule has 1 N–H and O–H groups in total. The standard InChI is InChI=1S/C13H18N4/c1-10(12-5-4-6-14-7-12)15-8-13-9-17(3)16-11(13)2/h4-7,9-10,15H,8H2,1-3H3. The van der Waals surface area contributed by atoms with Crippen LogP contribution in [0.25, 0.3) is 0 Å². The van der Waals surface area contributed by atoms with Gasteiger partial charge in [0.25, 0.3) is 0 Å². The quantitative estimate of drug-likeness (QED) is 0.873. The van der Waals surface area contributed by atoms with Gasteiger partial charge in [0.2, 0.25) is 0 Å². The first-order chi connectivity index (χ1) is 8.16. The number of aromatic nitrogens is 3. The highest BCUT2D eigenvalue weighted by molar-refractivity contribution is 5.17. The van der Waals surface area contributed by atoms with E-state index in [4.69, 9.17) is 0 Å². The summed E-state index contributed by atoms with van der Waals surface area (Å²) in [5.74, 6) is 0. The van der Waals surface area contributed by atoms with Crippen molar-refractivity contribution in [3.8, 4) is 0 Å². The molecule has 1 unspecified atom stereocenters. The Morgan fingerprint density at radius 1 is 1.47 bits per heavy atom. The van der Waals surface area contributed by atoms with Crippen molar-refractivity contribution >= 4 is 0 Å². The molecule has 0 saturated carbocycles. The van der Waals surface area contributed by atoms with E-state index in [1.807, 2.05) is 30.9 Å². The second kappa shape index (κ2) is 5.10. The van der Waals surface area contributed by atoms with Crippen LogP contribution in [0.4, 0.5) is 0 Å². The fourth-order valence-corrected chi connectivity index (χ4v) is 1.84. The molecule has 0 aliphatic carbocycles.